The summed E-state index contributed by atoms with van der Waals surface area (Å²) < 4.78 is 29.8. The molecule has 1 aliphatic rings. The number of aliphatic carboxylic acids is 1. The maximum absolute atomic E-state index is 12.4. The van der Waals surface area contributed by atoms with Crippen LogP contribution in [0.4, 0.5) is 5.69 Å². The molecule has 0 saturated heterocycles. The van der Waals surface area contributed by atoms with Crippen LogP contribution in [0.3, 0.4) is 0 Å². The summed E-state index contributed by atoms with van der Waals surface area (Å²) in [5.41, 5.74) is 0.830. The van der Waals surface area contributed by atoms with Crippen molar-refractivity contribution in [3.8, 4) is 0 Å². The van der Waals surface area contributed by atoms with Crippen molar-refractivity contribution in [2.75, 3.05) is 4.72 Å². The first-order chi connectivity index (χ1) is 12.8. The summed E-state index contributed by atoms with van der Waals surface area (Å²) >= 11 is 0. The van der Waals surface area contributed by atoms with Crippen molar-refractivity contribution in [2.24, 2.45) is 0 Å². The molecule has 0 aliphatic heterocycles. The van der Waals surface area contributed by atoms with Gasteiger partial charge in [-0.2, -0.15) is 13.1 Å². The summed E-state index contributed by atoms with van der Waals surface area (Å²) in [5.74, 6) is -0.989. The molecule has 0 atom stereocenters. The quantitative estimate of drug-likeness (QED) is 0.435. The first-order valence-electron chi connectivity index (χ1n) is 9.97. The molecule has 0 aromatic heterocycles. The lowest BCUT2D eigenvalue weighted by molar-refractivity contribution is -0.139. The van der Waals surface area contributed by atoms with E-state index in [1.165, 1.54) is 37.7 Å². The molecule has 2 rings (SSSR count). The second kappa shape index (κ2) is 10.1. The fraction of sp³-hybridized carbons (Fsp3) is 0.650. The van der Waals surface area contributed by atoms with E-state index in [1.807, 2.05) is 12.1 Å². The van der Waals surface area contributed by atoms with Crippen LogP contribution in [0.2, 0.25) is 0 Å². The highest BCUT2D eigenvalue weighted by Crippen LogP contribution is 2.35. The summed E-state index contributed by atoms with van der Waals surface area (Å²) in [4.78, 5) is 11.0. The van der Waals surface area contributed by atoms with Crippen molar-refractivity contribution in [2.45, 2.75) is 83.1 Å². The molecular weight excluding hydrogens is 364 g/mol. The van der Waals surface area contributed by atoms with Gasteiger partial charge in [0.25, 0.3) is 10.2 Å². The van der Waals surface area contributed by atoms with E-state index in [-0.39, 0.29) is 6.42 Å². The number of carboxylic acids is 1. The van der Waals surface area contributed by atoms with Crippen LogP contribution in [-0.2, 0) is 21.4 Å². The molecule has 0 amide bonds. The average Bonchev–Trinajstić information content (AvgIpc) is 2.56. The SMILES string of the molecule is CCCCCCCCc1ccc(NS(=O)(=O)NC2(CC(=O)O)CCC2)cc1. The van der Waals surface area contributed by atoms with Crippen LogP contribution in [0.5, 0.6) is 0 Å². The van der Waals surface area contributed by atoms with Gasteiger partial charge < -0.3 is 5.11 Å². The van der Waals surface area contributed by atoms with Crippen LogP contribution in [0.25, 0.3) is 0 Å². The minimum Gasteiger partial charge on any atom is -0.481 e. The van der Waals surface area contributed by atoms with E-state index in [4.69, 9.17) is 5.11 Å². The number of carbonyl (C=O) groups is 1. The molecule has 7 heteroatoms. The Morgan fingerprint density at radius 2 is 1.70 bits per heavy atom. The van der Waals surface area contributed by atoms with Crippen LogP contribution in [0, 0.1) is 0 Å². The van der Waals surface area contributed by atoms with Crippen molar-refractivity contribution in [1.82, 2.24) is 4.72 Å². The summed E-state index contributed by atoms with van der Waals surface area (Å²) in [6.45, 7) is 2.21. The van der Waals surface area contributed by atoms with Gasteiger partial charge in [-0.25, -0.2) is 0 Å². The molecule has 0 heterocycles. The Bertz CT molecular complexity index is 697. The van der Waals surface area contributed by atoms with Crippen molar-refractivity contribution >= 4 is 21.9 Å². The molecule has 6 nitrogen and oxygen atoms in total. The van der Waals surface area contributed by atoms with Crippen LogP contribution in [-0.4, -0.2) is 25.0 Å². The minimum absolute atomic E-state index is 0.189. The molecule has 1 aliphatic carbocycles. The third-order valence-electron chi connectivity index (χ3n) is 5.18. The number of carboxylic acid groups (broad SMARTS) is 1. The molecule has 0 radical (unpaired) electrons. The molecule has 27 heavy (non-hydrogen) atoms. The minimum atomic E-state index is -3.80. The summed E-state index contributed by atoms with van der Waals surface area (Å²) in [7, 11) is -3.80. The highest BCUT2D eigenvalue weighted by molar-refractivity contribution is 7.90. The number of aryl methyl sites for hydroxylation is 1. The van der Waals surface area contributed by atoms with Crippen molar-refractivity contribution in [3.63, 3.8) is 0 Å². The van der Waals surface area contributed by atoms with E-state index < -0.39 is 21.7 Å². The van der Waals surface area contributed by atoms with Gasteiger partial charge in [-0.3, -0.25) is 9.52 Å². The van der Waals surface area contributed by atoms with E-state index in [9.17, 15) is 13.2 Å². The Balaban J connectivity index is 1.81. The van der Waals surface area contributed by atoms with Gasteiger partial charge in [-0.15, -0.1) is 0 Å². The predicted molar refractivity (Wildman–Crippen MR) is 108 cm³/mol. The van der Waals surface area contributed by atoms with Gasteiger partial charge in [0.1, 0.15) is 0 Å². The van der Waals surface area contributed by atoms with Gasteiger partial charge in [0.2, 0.25) is 0 Å². The zero-order valence-corrected chi connectivity index (χ0v) is 17.0. The van der Waals surface area contributed by atoms with Crippen LogP contribution >= 0.6 is 0 Å². The maximum Gasteiger partial charge on any atom is 0.305 e. The molecule has 0 spiro atoms. The monoisotopic (exact) mass is 396 g/mol. The molecule has 3 N–H and O–H groups in total. The summed E-state index contributed by atoms with van der Waals surface area (Å²) in [6.07, 6.45) is 10.3. The molecule has 1 saturated carbocycles. The van der Waals surface area contributed by atoms with Crippen molar-refractivity contribution in [1.29, 1.82) is 0 Å². The summed E-state index contributed by atoms with van der Waals surface area (Å²) in [6, 6.07) is 7.41. The normalized spacial score (nSPS) is 15.9. The van der Waals surface area contributed by atoms with Crippen LogP contribution < -0.4 is 9.44 Å². The Kier molecular flexibility index (Phi) is 8.10. The number of hydrogen-bond acceptors (Lipinski definition) is 3. The predicted octanol–water partition coefficient (Wildman–Crippen LogP) is 4.23. The smallest absolute Gasteiger partial charge is 0.305 e. The molecule has 0 unspecified atom stereocenters. The van der Waals surface area contributed by atoms with E-state index in [0.29, 0.717) is 18.5 Å². The van der Waals surface area contributed by atoms with Crippen LogP contribution in [0.15, 0.2) is 24.3 Å². The standard InChI is InChI=1S/C20H32N2O4S/c1-2-3-4-5-6-7-9-17-10-12-18(13-11-17)21-27(25,26)22-20(14-8-15-20)16-19(23)24/h10-13,21-22H,2-9,14-16H2,1H3,(H,23,24). The molecule has 1 aromatic carbocycles. The number of anilines is 1. The van der Waals surface area contributed by atoms with E-state index in [2.05, 4.69) is 16.4 Å². The zero-order valence-electron chi connectivity index (χ0n) is 16.2. The maximum atomic E-state index is 12.4. The van der Waals surface area contributed by atoms with Gasteiger partial charge in [-0.05, 0) is 49.8 Å². The van der Waals surface area contributed by atoms with Gasteiger partial charge >= 0.3 is 5.97 Å². The summed E-state index contributed by atoms with van der Waals surface area (Å²) in [5, 5.41) is 9.01. The van der Waals surface area contributed by atoms with Gasteiger partial charge in [0, 0.05) is 11.2 Å². The van der Waals surface area contributed by atoms with Gasteiger partial charge in [-0.1, -0.05) is 51.2 Å². The molecule has 1 aromatic rings. The largest absolute Gasteiger partial charge is 0.481 e. The third-order valence-corrected chi connectivity index (χ3v) is 6.38. The van der Waals surface area contributed by atoms with Crippen molar-refractivity contribution < 1.29 is 18.3 Å². The average molecular weight is 397 g/mol. The zero-order chi connectivity index (χ0) is 19.8. The lowest BCUT2D eigenvalue weighted by Gasteiger charge is -2.40. The van der Waals surface area contributed by atoms with Gasteiger partial charge in [0.05, 0.1) is 6.42 Å². The second-order valence-corrected chi connectivity index (χ2v) is 9.04. The molecule has 152 valence electrons. The second-order valence-electron chi connectivity index (χ2n) is 7.63. The van der Waals surface area contributed by atoms with E-state index >= 15 is 0 Å². The lowest BCUT2D eigenvalue weighted by atomic mass is 9.75. The molecule has 0 bridgehead atoms. The highest BCUT2D eigenvalue weighted by atomic mass is 32.2. The Hall–Kier alpha value is -1.60. The Morgan fingerprint density at radius 3 is 2.26 bits per heavy atom. The van der Waals surface area contributed by atoms with Crippen LogP contribution in [0.1, 0.15) is 76.7 Å². The fourth-order valence-corrected chi connectivity index (χ4v) is 4.87. The number of unbranched alkanes of at least 4 members (excludes halogenated alkanes) is 5. The Labute approximate surface area is 162 Å². The lowest BCUT2D eigenvalue weighted by Crippen LogP contribution is -2.55. The number of hydrogen-bond donors (Lipinski definition) is 3. The first kappa shape index (κ1) is 21.7. The van der Waals surface area contributed by atoms with E-state index in [1.54, 1.807) is 12.1 Å². The molecule has 1 fully saturated rings. The highest BCUT2D eigenvalue weighted by Gasteiger charge is 2.42. The Morgan fingerprint density at radius 1 is 1.07 bits per heavy atom. The third kappa shape index (κ3) is 7.50. The fourth-order valence-electron chi connectivity index (χ4n) is 3.52. The number of nitrogens with one attached hydrogen (secondary N) is 2. The van der Waals surface area contributed by atoms with Crippen molar-refractivity contribution in [3.05, 3.63) is 29.8 Å². The molecular formula is C20H32N2O4S. The number of rotatable bonds is 13. The van der Waals surface area contributed by atoms with Gasteiger partial charge in [0.15, 0.2) is 0 Å². The number of benzene rings is 1. The topological polar surface area (TPSA) is 95.5 Å². The first-order valence-corrected chi connectivity index (χ1v) is 11.4. The van der Waals surface area contributed by atoms with E-state index in [0.717, 1.165) is 19.3 Å².